The Balaban J connectivity index is -0.000000105. The number of rotatable bonds is 3. The second kappa shape index (κ2) is 8.37. The molecule has 16 heteroatoms. The summed E-state index contributed by atoms with van der Waals surface area (Å²) < 4.78 is 94.3. The summed E-state index contributed by atoms with van der Waals surface area (Å²) in [6.45, 7) is 0. The van der Waals surface area contributed by atoms with Crippen LogP contribution in [-0.2, 0) is 39.9 Å². The van der Waals surface area contributed by atoms with Gasteiger partial charge in [-0.2, -0.15) is 0 Å². The summed E-state index contributed by atoms with van der Waals surface area (Å²) in [4.78, 5) is 0. The normalized spacial score (nSPS) is 12.0. The molecule has 0 saturated carbocycles. The van der Waals surface area contributed by atoms with E-state index < -0.39 is 31.2 Å². The van der Waals surface area contributed by atoms with E-state index in [9.17, 15) is 25.9 Å². The first kappa shape index (κ1) is 22.4. The summed E-state index contributed by atoms with van der Waals surface area (Å²) in [6.07, 6.45) is 0. The fourth-order valence-electron chi connectivity index (χ4n) is 0.0680. The zero-order valence-electron chi connectivity index (χ0n) is 7.16. The standard InChI is InChI=1S/K.H2O8S2.H2O4S.H2/c;1-9(2,3)7-8-10(4,5)6;1-5(2,3)4;/h;(H,1,2,3)(H,4,5,6);(H2,1,2,3,4);1H/q+1;;;/p-3. The first-order valence-electron chi connectivity index (χ1n) is 2.18. The van der Waals surface area contributed by atoms with Crippen molar-refractivity contribution in [2.45, 2.75) is 0 Å². The molecular weight excluding hydrogens is 327 g/mol. The van der Waals surface area contributed by atoms with Crippen LogP contribution in [0.4, 0.5) is 0 Å². The maximum Gasteiger partial charge on any atom is 1.00 e. The second-order valence-electron chi connectivity index (χ2n) is 1.38. The van der Waals surface area contributed by atoms with Crippen molar-refractivity contribution in [3.8, 4) is 0 Å². The maximum absolute atomic E-state index is 9.37. The fourth-order valence-corrected chi connectivity index (χ4v) is 0.612. The molecule has 96 valence electrons. The van der Waals surface area contributed by atoms with E-state index >= 15 is 0 Å². The van der Waals surface area contributed by atoms with E-state index in [0.717, 1.165) is 0 Å². The van der Waals surface area contributed by atoms with Gasteiger partial charge < -0.3 is 13.7 Å². The Morgan fingerprint density at radius 3 is 1.00 bits per heavy atom. The van der Waals surface area contributed by atoms with Crippen LogP contribution in [0, 0.1) is 0 Å². The third-order valence-corrected chi connectivity index (χ3v) is 0.750. The Morgan fingerprint density at radius 2 is 0.938 bits per heavy atom. The van der Waals surface area contributed by atoms with E-state index in [-0.39, 0.29) is 52.8 Å². The van der Waals surface area contributed by atoms with Gasteiger partial charge in [-0.1, -0.05) is 0 Å². The van der Waals surface area contributed by atoms with Crippen molar-refractivity contribution < 1.29 is 105 Å². The average molecular weight is 330 g/mol. The molecule has 0 atom stereocenters. The molecule has 0 aliphatic carbocycles. The molecule has 0 saturated heterocycles. The first-order valence-corrected chi connectivity index (χ1v) is 6.21. The Hall–Kier alpha value is 1.25. The molecule has 0 aromatic carbocycles. The topological polar surface area (TPSA) is 210 Å². The summed E-state index contributed by atoms with van der Waals surface area (Å²) >= 11 is 0. The maximum atomic E-state index is 9.37. The van der Waals surface area contributed by atoms with Crippen LogP contribution >= 0.6 is 0 Å². The molecule has 0 spiro atoms. The minimum Gasteiger partial charge on any atom is -0.726 e. The Labute approximate surface area is 134 Å². The van der Waals surface area contributed by atoms with Crippen molar-refractivity contribution in [1.29, 1.82) is 0 Å². The van der Waals surface area contributed by atoms with Gasteiger partial charge in [-0.3, -0.25) is 4.55 Å². The number of hydrogen-bond acceptors (Lipinski definition) is 11. The molecule has 0 amide bonds. The second-order valence-corrected chi connectivity index (χ2v) is 4.14. The third kappa shape index (κ3) is 45.5. The van der Waals surface area contributed by atoms with Crippen LogP contribution in [-0.4, -0.2) is 43.5 Å². The fraction of sp³-hybridized carbons (Fsp3) is 0. The van der Waals surface area contributed by atoms with Gasteiger partial charge in [-0.15, -0.1) is 8.67 Å². The van der Waals surface area contributed by atoms with Crippen LogP contribution in [0.1, 0.15) is 1.43 Å². The van der Waals surface area contributed by atoms with Gasteiger partial charge >= 0.3 is 51.4 Å². The molecule has 0 rings (SSSR count). The molecule has 0 aliphatic rings. The van der Waals surface area contributed by atoms with E-state index in [0.29, 0.717) is 0 Å². The molecule has 0 aromatic heterocycles. The quantitative estimate of drug-likeness (QED) is 0.168. The molecular formula is H3KO12S3-2. The SMILES string of the molecule is O=S(=O)([O-])O.O=S(=O)([O-])OOS(=O)(=O)[O-].[HH].[K+]. The molecule has 12 nitrogen and oxygen atoms in total. The molecule has 16 heavy (non-hydrogen) atoms. The summed E-state index contributed by atoms with van der Waals surface area (Å²) in [6, 6.07) is 0. The van der Waals surface area contributed by atoms with Crippen molar-refractivity contribution in [2.24, 2.45) is 0 Å². The van der Waals surface area contributed by atoms with Crippen LogP contribution in [0.15, 0.2) is 0 Å². The molecule has 0 radical (unpaired) electrons. The molecule has 0 bridgehead atoms. The van der Waals surface area contributed by atoms with Crippen LogP contribution in [0.5, 0.6) is 0 Å². The van der Waals surface area contributed by atoms with Gasteiger partial charge in [0.05, 0.1) is 0 Å². The first-order chi connectivity index (χ1) is 6.21. The largest absolute Gasteiger partial charge is 1.00 e. The number of hydrogen-bond donors (Lipinski definition) is 1. The van der Waals surface area contributed by atoms with E-state index in [1.807, 2.05) is 0 Å². The van der Waals surface area contributed by atoms with Gasteiger partial charge in [-0.25, -0.2) is 25.3 Å². The molecule has 0 fully saturated rings. The van der Waals surface area contributed by atoms with Gasteiger partial charge in [0.25, 0.3) is 0 Å². The summed E-state index contributed by atoms with van der Waals surface area (Å²) in [5.74, 6) is 0. The zero-order chi connectivity index (χ0) is 12.9. The van der Waals surface area contributed by atoms with Crippen LogP contribution in [0.2, 0.25) is 0 Å². The van der Waals surface area contributed by atoms with Crippen molar-refractivity contribution in [2.75, 3.05) is 0 Å². The van der Waals surface area contributed by atoms with Crippen LogP contribution < -0.4 is 51.4 Å². The van der Waals surface area contributed by atoms with E-state index in [1.54, 1.807) is 0 Å². The van der Waals surface area contributed by atoms with Gasteiger partial charge in [0.1, 0.15) is 0 Å². The van der Waals surface area contributed by atoms with E-state index in [2.05, 4.69) is 8.67 Å². The van der Waals surface area contributed by atoms with Crippen molar-refractivity contribution in [3.05, 3.63) is 0 Å². The van der Waals surface area contributed by atoms with Crippen LogP contribution in [0.3, 0.4) is 0 Å². The van der Waals surface area contributed by atoms with Crippen molar-refractivity contribution in [1.82, 2.24) is 0 Å². The zero-order valence-corrected chi connectivity index (χ0v) is 12.7. The molecule has 0 aliphatic heterocycles. The Morgan fingerprint density at radius 1 is 0.812 bits per heavy atom. The van der Waals surface area contributed by atoms with E-state index in [1.165, 1.54) is 0 Å². The molecule has 1 N–H and O–H groups in total. The van der Waals surface area contributed by atoms with Gasteiger partial charge in [0.2, 0.25) is 31.2 Å². The van der Waals surface area contributed by atoms with Gasteiger partial charge in [0, 0.05) is 1.43 Å². The van der Waals surface area contributed by atoms with Gasteiger partial charge in [0.15, 0.2) is 0 Å². The minimum absolute atomic E-state index is 0. The van der Waals surface area contributed by atoms with Crippen molar-refractivity contribution >= 4 is 31.2 Å². The van der Waals surface area contributed by atoms with Crippen LogP contribution in [0.25, 0.3) is 0 Å². The monoisotopic (exact) mass is 330 g/mol. The Kier molecular flexibility index (Phi) is 11.7. The summed E-state index contributed by atoms with van der Waals surface area (Å²) in [7, 11) is -15.5. The van der Waals surface area contributed by atoms with E-state index in [4.69, 9.17) is 17.5 Å². The predicted molar refractivity (Wildman–Crippen MR) is 36.0 cm³/mol. The predicted octanol–water partition coefficient (Wildman–Crippen LogP) is -5.89. The molecule has 0 aromatic rings. The Bertz CT molecular complexity index is 426. The third-order valence-electron chi connectivity index (χ3n) is 0.194. The minimum atomic E-state index is -5.31. The summed E-state index contributed by atoms with van der Waals surface area (Å²) in [5, 5.41) is 0. The van der Waals surface area contributed by atoms with Gasteiger partial charge in [-0.05, 0) is 0 Å². The molecule has 0 unspecified atom stereocenters. The average Bonchev–Trinajstić information content (AvgIpc) is 1.76. The van der Waals surface area contributed by atoms with Crippen molar-refractivity contribution in [3.63, 3.8) is 0 Å². The molecule has 0 heterocycles. The summed E-state index contributed by atoms with van der Waals surface area (Å²) in [5.41, 5.74) is 0. The smallest absolute Gasteiger partial charge is 0.726 e.